The Balaban J connectivity index is 1.68. The van der Waals surface area contributed by atoms with Gasteiger partial charge in [-0.25, -0.2) is 4.98 Å². The molecule has 3 aromatic carbocycles. The standard InChI is InChI=1S/C24H20N2O2/c1-17-23(21-10-6-3-7-11-21)25-22(24(27)26(17)28)16-18-12-14-20(15-13-18)19-8-4-2-5-9-19/h2-15,28H,16H2,1H3. The van der Waals surface area contributed by atoms with Gasteiger partial charge in [0.15, 0.2) is 0 Å². The minimum atomic E-state index is -0.482. The molecule has 28 heavy (non-hydrogen) atoms. The minimum absolute atomic E-state index is 0.319. The summed E-state index contributed by atoms with van der Waals surface area (Å²) in [5, 5.41) is 10.3. The van der Waals surface area contributed by atoms with Crippen molar-refractivity contribution in [3.63, 3.8) is 0 Å². The summed E-state index contributed by atoms with van der Waals surface area (Å²) in [6.07, 6.45) is 0.356. The second-order valence-corrected chi connectivity index (χ2v) is 6.72. The van der Waals surface area contributed by atoms with Gasteiger partial charge in [0.1, 0.15) is 5.69 Å². The highest BCUT2D eigenvalue weighted by Gasteiger charge is 2.15. The first-order valence-corrected chi connectivity index (χ1v) is 9.15. The van der Waals surface area contributed by atoms with Crippen molar-refractivity contribution in [2.45, 2.75) is 13.3 Å². The zero-order chi connectivity index (χ0) is 19.5. The predicted molar refractivity (Wildman–Crippen MR) is 111 cm³/mol. The molecular weight excluding hydrogens is 348 g/mol. The van der Waals surface area contributed by atoms with Crippen molar-refractivity contribution in [3.8, 4) is 22.4 Å². The van der Waals surface area contributed by atoms with Gasteiger partial charge in [0, 0.05) is 12.0 Å². The van der Waals surface area contributed by atoms with Crippen molar-refractivity contribution in [2.75, 3.05) is 0 Å². The number of rotatable bonds is 4. The Morgan fingerprint density at radius 3 is 1.93 bits per heavy atom. The number of hydrogen-bond acceptors (Lipinski definition) is 3. The summed E-state index contributed by atoms with van der Waals surface area (Å²) in [5.74, 6) is 0. The van der Waals surface area contributed by atoms with E-state index in [0.29, 0.717) is 28.2 Å². The van der Waals surface area contributed by atoms with Crippen molar-refractivity contribution in [2.24, 2.45) is 0 Å². The molecule has 0 bridgehead atoms. The Morgan fingerprint density at radius 2 is 1.32 bits per heavy atom. The quantitative estimate of drug-likeness (QED) is 0.531. The SMILES string of the molecule is Cc1c(-c2ccccc2)nc(Cc2ccc(-c3ccccc3)cc2)c(=O)n1O. The second kappa shape index (κ2) is 7.53. The fourth-order valence-electron chi connectivity index (χ4n) is 3.26. The van der Waals surface area contributed by atoms with Crippen LogP contribution < -0.4 is 5.56 Å². The van der Waals surface area contributed by atoms with Crippen LogP contribution in [-0.2, 0) is 6.42 Å². The van der Waals surface area contributed by atoms with Crippen molar-refractivity contribution in [3.05, 3.63) is 112 Å². The summed E-state index contributed by atoms with van der Waals surface area (Å²) in [7, 11) is 0. The third kappa shape index (κ3) is 3.45. The summed E-state index contributed by atoms with van der Waals surface area (Å²) in [5.41, 5.74) is 4.97. The van der Waals surface area contributed by atoms with Crippen LogP contribution in [0.15, 0.2) is 89.7 Å². The largest absolute Gasteiger partial charge is 0.425 e. The van der Waals surface area contributed by atoms with E-state index in [9.17, 15) is 10.0 Å². The van der Waals surface area contributed by atoms with E-state index in [4.69, 9.17) is 0 Å². The van der Waals surface area contributed by atoms with E-state index in [1.807, 2.05) is 72.8 Å². The lowest BCUT2D eigenvalue weighted by Crippen LogP contribution is -2.26. The van der Waals surface area contributed by atoms with E-state index in [2.05, 4.69) is 17.1 Å². The maximum atomic E-state index is 12.5. The molecule has 0 atom stereocenters. The molecule has 1 N–H and O–H groups in total. The van der Waals surface area contributed by atoms with Crippen molar-refractivity contribution in [1.82, 2.24) is 9.71 Å². The molecule has 0 spiro atoms. The normalized spacial score (nSPS) is 10.8. The molecule has 0 radical (unpaired) electrons. The first kappa shape index (κ1) is 17.7. The number of nitrogens with zero attached hydrogens (tertiary/aromatic N) is 2. The Hall–Kier alpha value is -3.66. The molecule has 4 nitrogen and oxygen atoms in total. The summed E-state index contributed by atoms with van der Waals surface area (Å²) in [6, 6.07) is 27.8. The fraction of sp³-hybridized carbons (Fsp3) is 0.0833. The molecule has 4 rings (SSSR count). The van der Waals surface area contributed by atoms with Gasteiger partial charge in [-0.2, -0.15) is 0 Å². The Kier molecular flexibility index (Phi) is 4.77. The van der Waals surface area contributed by atoms with Gasteiger partial charge >= 0.3 is 5.56 Å². The molecule has 0 aliphatic carbocycles. The lowest BCUT2D eigenvalue weighted by Gasteiger charge is -2.11. The van der Waals surface area contributed by atoms with Gasteiger partial charge in [-0.3, -0.25) is 4.79 Å². The van der Waals surface area contributed by atoms with Crippen LogP contribution in [0.25, 0.3) is 22.4 Å². The van der Waals surface area contributed by atoms with Gasteiger partial charge in [-0.15, -0.1) is 4.73 Å². The van der Waals surface area contributed by atoms with Gasteiger partial charge in [-0.1, -0.05) is 84.9 Å². The molecule has 0 saturated heterocycles. The lowest BCUT2D eigenvalue weighted by atomic mass is 10.0. The zero-order valence-electron chi connectivity index (χ0n) is 15.5. The van der Waals surface area contributed by atoms with Crippen LogP contribution >= 0.6 is 0 Å². The molecule has 1 heterocycles. The smallest absolute Gasteiger partial charge is 0.305 e. The highest BCUT2D eigenvalue weighted by Crippen LogP contribution is 2.22. The fourth-order valence-corrected chi connectivity index (χ4v) is 3.26. The molecular formula is C24H20N2O2. The predicted octanol–water partition coefficient (Wildman–Crippen LogP) is 4.71. The van der Waals surface area contributed by atoms with E-state index in [1.165, 1.54) is 0 Å². The summed E-state index contributed by atoms with van der Waals surface area (Å²) in [6.45, 7) is 1.69. The van der Waals surface area contributed by atoms with Gasteiger partial charge in [0.05, 0.1) is 11.4 Å². The van der Waals surface area contributed by atoms with Crippen LogP contribution in [0.3, 0.4) is 0 Å². The first-order valence-electron chi connectivity index (χ1n) is 9.15. The van der Waals surface area contributed by atoms with Crippen LogP contribution in [0.2, 0.25) is 0 Å². The summed E-state index contributed by atoms with van der Waals surface area (Å²) in [4.78, 5) is 17.1. The maximum absolute atomic E-state index is 12.5. The van der Waals surface area contributed by atoms with Crippen molar-refractivity contribution >= 4 is 0 Å². The second-order valence-electron chi connectivity index (χ2n) is 6.72. The average Bonchev–Trinajstić information content (AvgIpc) is 2.76. The van der Waals surface area contributed by atoms with E-state index >= 15 is 0 Å². The third-order valence-corrected chi connectivity index (χ3v) is 4.83. The van der Waals surface area contributed by atoms with Crippen molar-refractivity contribution in [1.29, 1.82) is 0 Å². The molecule has 4 heteroatoms. The highest BCUT2D eigenvalue weighted by atomic mass is 16.5. The van der Waals surface area contributed by atoms with Gasteiger partial charge in [0.2, 0.25) is 0 Å². The molecule has 4 aromatic rings. The summed E-state index contributed by atoms with van der Waals surface area (Å²) < 4.78 is 0.697. The molecule has 138 valence electrons. The minimum Gasteiger partial charge on any atom is -0.425 e. The summed E-state index contributed by atoms with van der Waals surface area (Å²) >= 11 is 0. The molecule has 0 amide bonds. The van der Waals surface area contributed by atoms with Gasteiger partial charge < -0.3 is 5.21 Å². The lowest BCUT2D eigenvalue weighted by molar-refractivity contribution is 0.166. The van der Waals surface area contributed by atoms with E-state index in [1.54, 1.807) is 6.92 Å². The monoisotopic (exact) mass is 368 g/mol. The molecule has 0 unspecified atom stereocenters. The maximum Gasteiger partial charge on any atom is 0.305 e. The van der Waals surface area contributed by atoms with Crippen LogP contribution in [0.1, 0.15) is 17.0 Å². The molecule has 0 aliphatic heterocycles. The third-order valence-electron chi connectivity index (χ3n) is 4.83. The number of hydrogen-bond donors (Lipinski definition) is 1. The Bertz CT molecular complexity index is 1150. The Labute approximate surface area is 163 Å². The van der Waals surface area contributed by atoms with Crippen molar-refractivity contribution < 1.29 is 5.21 Å². The number of benzene rings is 3. The first-order chi connectivity index (χ1) is 13.6. The van der Waals surface area contributed by atoms with Gasteiger partial charge in [-0.05, 0) is 23.6 Å². The highest BCUT2D eigenvalue weighted by molar-refractivity contribution is 5.64. The van der Waals surface area contributed by atoms with Crippen LogP contribution in [0.4, 0.5) is 0 Å². The molecule has 0 fully saturated rings. The van der Waals surface area contributed by atoms with Crippen LogP contribution in [0.5, 0.6) is 0 Å². The average molecular weight is 368 g/mol. The van der Waals surface area contributed by atoms with E-state index < -0.39 is 5.56 Å². The van der Waals surface area contributed by atoms with E-state index in [0.717, 1.165) is 22.3 Å². The number of aromatic nitrogens is 2. The Morgan fingerprint density at radius 1 is 0.786 bits per heavy atom. The zero-order valence-corrected chi connectivity index (χ0v) is 15.5. The topological polar surface area (TPSA) is 55.1 Å². The van der Waals surface area contributed by atoms with Gasteiger partial charge in [0.25, 0.3) is 0 Å². The van der Waals surface area contributed by atoms with Crippen LogP contribution in [-0.4, -0.2) is 14.9 Å². The van der Waals surface area contributed by atoms with E-state index in [-0.39, 0.29) is 0 Å². The molecule has 0 aliphatic rings. The molecule has 1 aromatic heterocycles. The van der Waals surface area contributed by atoms with Crippen LogP contribution in [0, 0.1) is 6.92 Å². The molecule has 0 saturated carbocycles.